The molecule has 1 rings (SSSR count). The predicted octanol–water partition coefficient (Wildman–Crippen LogP) is 1.47. The first-order chi connectivity index (χ1) is 4.33. The van der Waals surface area contributed by atoms with Crippen LogP contribution in [0.15, 0.2) is 23.9 Å². The molecule has 0 aliphatic heterocycles. The highest BCUT2D eigenvalue weighted by Crippen LogP contribution is 2.09. The van der Waals surface area contributed by atoms with Gasteiger partial charge in [0.15, 0.2) is 0 Å². The van der Waals surface area contributed by atoms with Gasteiger partial charge < -0.3 is 11.1 Å². The third-order valence-electron chi connectivity index (χ3n) is 1.36. The van der Waals surface area contributed by atoms with Gasteiger partial charge in [0.25, 0.3) is 0 Å². The summed E-state index contributed by atoms with van der Waals surface area (Å²) in [7, 11) is 1.87. The molecule has 0 radical (unpaired) electrons. The normalized spacial score (nSPS) is 25.6. The highest BCUT2D eigenvalue weighted by Gasteiger charge is 1.95. The second kappa shape index (κ2) is 2.69. The summed E-state index contributed by atoms with van der Waals surface area (Å²) in [5.74, 6) is 0. The van der Waals surface area contributed by atoms with Crippen molar-refractivity contribution in [2.24, 2.45) is 0 Å². The molecule has 0 spiro atoms. The van der Waals surface area contributed by atoms with Crippen LogP contribution < -0.4 is 5.32 Å². The lowest BCUT2D eigenvalue weighted by Crippen LogP contribution is -2.09. The monoisotopic (exact) mass is 123 g/mol. The molecule has 0 amide bonds. The van der Waals surface area contributed by atoms with Crippen molar-refractivity contribution in [1.82, 2.24) is 5.32 Å². The lowest BCUT2D eigenvalue weighted by atomic mass is 10.1. The maximum absolute atomic E-state index is 7.34. The summed E-state index contributed by atoms with van der Waals surface area (Å²) in [6.07, 6.45) is 6.79. The molecule has 1 aliphatic carbocycles. The van der Waals surface area contributed by atoms with E-state index in [0.717, 1.165) is 12.1 Å². The van der Waals surface area contributed by atoms with Gasteiger partial charge in [-0.15, -0.1) is 6.04 Å². The molecule has 0 fully saturated rings. The number of rotatable bonds is 1. The SMILES string of the molecule is CNC1=CC([NH-])CC=C1. The molecule has 0 aromatic rings. The zero-order valence-electron chi connectivity index (χ0n) is 5.52. The fourth-order valence-electron chi connectivity index (χ4n) is 0.849. The molecule has 1 atom stereocenters. The lowest BCUT2D eigenvalue weighted by molar-refractivity contribution is 0.899. The van der Waals surface area contributed by atoms with E-state index in [0.29, 0.717) is 0 Å². The maximum atomic E-state index is 7.34. The molecule has 50 valence electrons. The third kappa shape index (κ3) is 1.57. The molecule has 0 aromatic heterocycles. The van der Waals surface area contributed by atoms with E-state index in [2.05, 4.69) is 5.32 Å². The summed E-state index contributed by atoms with van der Waals surface area (Å²) < 4.78 is 0. The van der Waals surface area contributed by atoms with Crippen molar-refractivity contribution >= 4 is 0 Å². The largest absolute Gasteiger partial charge is 0.671 e. The molecule has 2 nitrogen and oxygen atoms in total. The van der Waals surface area contributed by atoms with Gasteiger partial charge in [0.2, 0.25) is 0 Å². The number of hydrogen-bond donors (Lipinski definition) is 1. The first kappa shape index (κ1) is 6.36. The minimum Gasteiger partial charge on any atom is -0.671 e. The fraction of sp³-hybridized carbons (Fsp3) is 0.429. The van der Waals surface area contributed by atoms with Crippen LogP contribution in [0.4, 0.5) is 0 Å². The highest BCUT2D eigenvalue weighted by atomic mass is 14.8. The molecule has 0 saturated heterocycles. The zero-order chi connectivity index (χ0) is 6.69. The maximum Gasteiger partial charge on any atom is 0.0279 e. The summed E-state index contributed by atoms with van der Waals surface area (Å²) in [6, 6.07) is -0.0440. The number of allylic oxidation sites excluding steroid dienone is 1. The van der Waals surface area contributed by atoms with Gasteiger partial charge in [0.05, 0.1) is 0 Å². The molecule has 0 aromatic carbocycles. The Balaban J connectivity index is 2.59. The van der Waals surface area contributed by atoms with Gasteiger partial charge in [-0.3, -0.25) is 0 Å². The second-order valence-corrected chi connectivity index (χ2v) is 2.12. The van der Waals surface area contributed by atoms with Crippen molar-refractivity contribution in [3.05, 3.63) is 29.7 Å². The average Bonchev–Trinajstić information content (AvgIpc) is 1.88. The average molecular weight is 123 g/mol. The van der Waals surface area contributed by atoms with E-state index in [1.807, 2.05) is 25.3 Å². The molecule has 2 N–H and O–H groups in total. The smallest absolute Gasteiger partial charge is 0.0279 e. The molecule has 9 heavy (non-hydrogen) atoms. The Morgan fingerprint density at radius 1 is 1.78 bits per heavy atom. The van der Waals surface area contributed by atoms with Gasteiger partial charge >= 0.3 is 0 Å². The summed E-state index contributed by atoms with van der Waals surface area (Å²) in [5.41, 5.74) is 8.39. The molecule has 1 unspecified atom stereocenters. The van der Waals surface area contributed by atoms with E-state index >= 15 is 0 Å². The van der Waals surface area contributed by atoms with Crippen LogP contribution in [0, 0.1) is 0 Å². The van der Waals surface area contributed by atoms with Gasteiger partial charge in [-0.2, -0.15) is 0 Å². The van der Waals surface area contributed by atoms with Gasteiger partial charge in [-0.25, -0.2) is 0 Å². The van der Waals surface area contributed by atoms with Crippen LogP contribution in [0.2, 0.25) is 0 Å². The van der Waals surface area contributed by atoms with Crippen molar-refractivity contribution < 1.29 is 0 Å². The molecule has 1 aliphatic rings. The Labute approximate surface area is 55.4 Å². The van der Waals surface area contributed by atoms with Gasteiger partial charge in [-0.1, -0.05) is 12.2 Å². The van der Waals surface area contributed by atoms with Crippen LogP contribution in [0.25, 0.3) is 5.73 Å². The topological polar surface area (TPSA) is 35.8 Å². The minimum atomic E-state index is -0.0440. The Morgan fingerprint density at radius 2 is 2.56 bits per heavy atom. The van der Waals surface area contributed by atoms with Crippen LogP contribution >= 0.6 is 0 Å². The Hall–Kier alpha value is -0.760. The van der Waals surface area contributed by atoms with E-state index in [9.17, 15) is 0 Å². The van der Waals surface area contributed by atoms with Crippen LogP contribution in [-0.4, -0.2) is 13.1 Å². The molecule has 0 saturated carbocycles. The zero-order valence-corrected chi connectivity index (χ0v) is 5.52. The summed E-state index contributed by atoms with van der Waals surface area (Å²) in [5, 5.41) is 2.99. The number of likely N-dealkylation sites (N-methyl/N-ethyl adjacent to an activating group) is 1. The minimum absolute atomic E-state index is 0.0440. The van der Waals surface area contributed by atoms with Gasteiger partial charge in [0, 0.05) is 12.7 Å². The van der Waals surface area contributed by atoms with E-state index in [-0.39, 0.29) is 6.04 Å². The van der Waals surface area contributed by atoms with Crippen LogP contribution in [-0.2, 0) is 0 Å². The van der Waals surface area contributed by atoms with Crippen LogP contribution in [0.3, 0.4) is 0 Å². The predicted molar refractivity (Wildman–Crippen MR) is 39.0 cm³/mol. The summed E-state index contributed by atoms with van der Waals surface area (Å²) in [4.78, 5) is 0. The Morgan fingerprint density at radius 3 is 3.00 bits per heavy atom. The van der Waals surface area contributed by atoms with Crippen LogP contribution in [0.5, 0.6) is 0 Å². The molecular formula is C7H11N2-. The Bertz CT molecular complexity index is 147. The number of hydrogen-bond acceptors (Lipinski definition) is 1. The molecule has 2 heteroatoms. The van der Waals surface area contributed by atoms with E-state index in [4.69, 9.17) is 5.73 Å². The molecule has 0 bridgehead atoms. The highest BCUT2D eigenvalue weighted by molar-refractivity contribution is 5.25. The summed E-state index contributed by atoms with van der Waals surface area (Å²) >= 11 is 0. The first-order valence-electron chi connectivity index (χ1n) is 3.10. The molecular weight excluding hydrogens is 112 g/mol. The number of nitrogens with one attached hydrogen (secondary N) is 2. The van der Waals surface area contributed by atoms with Crippen LogP contribution in [0.1, 0.15) is 6.42 Å². The van der Waals surface area contributed by atoms with E-state index in [1.54, 1.807) is 0 Å². The standard InChI is InChI=1S/C7H11N2/c1-9-7-4-2-3-6(8)5-7/h2,4-6,8-9H,3H2,1H3/q-1. The van der Waals surface area contributed by atoms with Crippen molar-refractivity contribution in [2.75, 3.05) is 7.05 Å². The molecule has 0 heterocycles. The van der Waals surface area contributed by atoms with Crippen molar-refractivity contribution in [2.45, 2.75) is 12.5 Å². The van der Waals surface area contributed by atoms with E-state index in [1.165, 1.54) is 0 Å². The van der Waals surface area contributed by atoms with Crippen molar-refractivity contribution in [3.8, 4) is 0 Å². The Kier molecular flexibility index (Phi) is 1.90. The lowest BCUT2D eigenvalue weighted by Gasteiger charge is -2.18. The third-order valence-corrected chi connectivity index (χ3v) is 1.36. The fourth-order valence-corrected chi connectivity index (χ4v) is 0.849. The quantitative estimate of drug-likeness (QED) is 0.563. The second-order valence-electron chi connectivity index (χ2n) is 2.12. The van der Waals surface area contributed by atoms with E-state index < -0.39 is 0 Å². The van der Waals surface area contributed by atoms with Crippen molar-refractivity contribution in [1.29, 1.82) is 0 Å². The first-order valence-corrected chi connectivity index (χ1v) is 3.10. The van der Waals surface area contributed by atoms with Crippen molar-refractivity contribution in [3.63, 3.8) is 0 Å². The van der Waals surface area contributed by atoms with Gasteiger partial charge in [0.1, 0.15) is 0 Å². The summed E-state index contributed by atoms with van der Waals surface area (Å²) in [6.45, 7) is 0. The van der Waals surface area contributed by atoms with Gasteiger partial charge in [-0.05, 0) is 12.5 Å².